The van der Waals surface area contributed by atoms with E-state index in [2.05, 4.69) is 26.6 Å². The molecule has 0 bridgehead atoms. The molecule has 1 heterocycles. The molecule has 0 saturated carbocycles. The summed E-state index contributed by atoms with van der Waals surface area (Å²) in [6.07, 6.45) is 0. The minimum Gasteiger partial charge on any atom is -0.372 e. The van der Waals surface area contributed by atoms with E-state index in [-0.39, 0.29) is 23.7 Å². The maximum absolute atomic E-state index is 13.3. The van der Waals surface area contributed by atoms with Crippen molar-refractivity contribution in [3.8, 4) is 0 Å². The van der Waals surface area contributed by atoms with Crippen LogP contribution in [-0.4, -0.2) is 11.9 Å². The summed E-state index contributed by atoms with van der Waals surface area (Å²) < 4.78 is 13.7. The molecule has 86 valence electrons. The Hall–Kier alpha value is -1.10. The van der Waals surface area contributed by atoms with E-state index in [0.29, 0.717) is 15.8 Å². The lowest BCUT2D eigenvalue weighted by Crippen LogP contribution is -2.42. The number of nitrogens with one attached hydrogen (secondary N) is 2. The van der Waals surface area contributed by atoms with E-state index in [1.54, 1.807) is 6.07 Å². The Morgan fingerprint density at radius 1 is 1.38 bits per heavy atom. The Morgan fingerprint density at radius 3 is 2.69 bits per heavy atom. The first-order chi connectivity index (χ1) is 7.49. The van der Waals surface area contributed by atoms with Crippen LogP contribution in [0.25, 0.3) is 0 Å². The van der Waals surface area contributed by atoms with Crippen LogP contribution in [-0.2, 0) is 4.79 Å². The number of hydrogen-bond acceptors (Lipinski definition) is 2. The summed E-state index contributed by atoms with van der Waals surface area (Å²) in [7, 11) is 0. The van der Waals surface area contributed by atoms with Gasteiger partial charge < -0.3 is 10.6 Å². The van der Waals surface area contributed by atoms with Crippen LogP contribution >= 0.6 is 15.9 Å². The molecule has 1 aromatic rings. The summed E-state index contributed by atoms with van der Waals surface area (Å²) in [5.74, 6) is -0.272. The lowest BCUT2D eigenvalue weighted by atomic mass is 10.0. The minimum absolute atomic E-state index is 0.0824. The van der Waals surface area contributed by atoms with E-state index in [0.717, 1.165) is 0 Å². The molecule has 1 aliphatic heterocycles. The fourth-order valence-electron chi connectivity index (χ4n) is 1.68. The van der Waals surface area contributed by atoms with Gasteiger partial charge in [-0.25, -0.2) is 4.39 Å². The van der Waals surface area contributed by atoms with Gasteiger partial charge in [-0.15, -0.1) is 0 Å². The second kappa shape index (κ2) is 4.05. The van der Waals surface area contributed by atoms with Gasteiger partial charge in [0.1, 0.15) is 11.9 Å². The number of anilines is 2. The van der Waals surface area contributed by atoms with E-state index in [9.17, 15) is 9.18 Å². The second-order valence-electron chi connectivity index (χ2n) is 4.17. The van der Waals surface area contributed by atoms with Gasteiger partial charge in [-0.3, -0.25) is 4.79 Å². The van der Waals surface area contributed by atoms with Crippen molar-refractivity contribution in [1.29, 1.82) is 0 Å². The quantitative estimate of drug-likeness (QED) is 0.833. The van der Waals surface area contributed by atoms with Crippen molar-refractivity contribution >= 4 is 33.2 Å². The van der Waals surface area contributed by atoms with E-state index < -0.39 is 0 Å². The number of rotatable bonds is 1. The van der Waals surface area contributed by atoms with Crippen molar-refractivity contribution in [2.24, 2.45) is 5.92 Å². The molecule has 0 radical (unpaired) electrons. The fraction of sp³-hybridized carbons (Fsp3) is 0.364. The molecule has 1 unspecified atom stereocenters. The lowest BCUT2D eigenvalue weighted by molar-refractivity contribution is -0.117. The Labute approximate surface area is 102 Å². The van der Waals surface area contributed by atoms with E-state index in [1.165, 1.54) is 6.07 Å². The highest BCUT2D eigenvalue weighted by Crippen LogP contribution is 2.33. The van der Waals surface area contributed by atoms with Crippen molar-refractivity contribution in [2.45, 2.75) is 19.9 Å². The van der Waals surface area contributed by atoms with E-state index in [4.69, 9.17) is 0 Å². The average molecular weight is 287 g/mol. The summed E-state index contributed by atoms with van der Waals surface area (Å²) in [5, 5.41) is 5.80. The molecule has 0 aliphatic carbocycles. The Bertz CT molecular complexity index is 448. The van der Waals surface area contributed by atoms with Gasteiger partial charge in [-0.05, 0) is 27.9 Å². The zero-order valence-corrected chi connectivity index (χ0v) is 10.6. The van der Waals surface area contributed by atoms with Gasteiger partial charge in [0.2, 0.25) is 5.91 Å². The zero-order chi connectivity index (χ0) is 11.9. The molecule has 2 rings (SSSR count). The Balaban J connectivity index is 2.39. The van der Waals surface area contributed by atoms with Crippen molar-refractivity contribution < 1.29 is 9.18 Å². The van der Waals surface area contributed by atoms with Crippen molar-refractivity contribution in [3.63, 3.8) is 0 Å². The predicted octanol–water partition coefficient (Wildman–Crippen LogP) is 2.98. The first kappa shape index (κ1) is 11.4. The highest BCUT2D eigenvalue weighted by atomic mass is 79.9. The van der Waals surface area contributed by atoms with E-state index in [1.807, 2.05) is 13.8 Å². The molecule has 0 aromatic heterocycles. The molecule has 16 heavy (non-hydrogen) atoms. The number of carbonyl (C=O) groups excluding carboxylic acids is 1. The van der Waals surface area contributed by atoms with E-state index >= 15 is 0 Å². The Morgan fingerprint density at radius 2 is 2.06 bits per heavy atom. The molecule has 2 N–H and O–H groups in total. The molecule has 1 atom stereocenters. The third-order valence-electron chi connectivity index (χ3n) is 2.58. The Kier molecular flexibility index (Phi) is 2.88. The highest BCUT2D eigenvalue weighted by Gasteiger charge is 2.28. The second-order valence-corrected chi connectivity index (χ2v) is 5.02. The lowest BCUT2D eigenvalue weighted by Gasteiger charge is -2.29. The van der Waals surface area contributed by atoms with Crippen LogP contribution in [0.15, 0.2) is 16.6 Å². The maximum atomic E-state index is 13.3. The van der Waals surface area contributed by atoms with Crippen molar-refractivity contribution in [3.05, 3.63) is 22.4 Å². The third kappa shape index (κ3) is 1.91. The van der Waals surface area contributed by atoms with Crippen LogP contribution in [0, 0.1) is 11.7 Å². The molecule has 3 nitrogen and oxygen atoms in total. The van der Waals surface area contributed by atoms with Gasteiger partial charge in [0.25, 0.3) is 0 Å². The first-order valence-electron chi connectivity index (χ1n) is 5.05. The largest absolute Gasteiger partial charge is 0.372 e. The smallest absolute Gasteiger partial charge is 0.247 e. The van der Waals surface area contributed by atoms with Gasteiger partial charge in [0, 0.05) is 6.07 Å². The maximum Gasteiger partial charge on any atom is 0.247 e. The molecule has 1 aromatic carbocycles. The zero-order valence-electron chi connectivity index (χ0n) is 8.97. The van der Waals surface area contributed by atoms with Crippen LogP contribution in [0.3, 0.4) is 0 Å². The third-order valence-corrected chi connectivity index (χ3v) is 3.19. The van der Waals surface area contributed by atoms with Crippen LogP contribution < -0.4 is 10.6 Å². The standard InChI is InChI=1S/C11H12BrFN2O/c1-5(2)10-11(16)15-8-3-6(12)7(13)4-9(8)14-10/h3-5,10,14H,1-2H3,(H,15,16). The number of carbonyl (C=O) groups is 1. The molecule has 0 saturated heterocycles. The summed E-state index contributed by atoms with van der Waals surface area (Å²) >= 11 is 3.08. The number of benzene rings is 1. The molecule has 5 heteroatoms. The predicted molar refractivity (Wildman–Crippen MR) is 65.0 cm³/mol. The van der Waals surface area contributed by atoms with Gasteiger partial charge in [0.15, 0.2) is 0 Å². The number of amides is 1. The molecule has 0 fully saturated rings. The summed E-state index contributed by atoms with van der Waals surface area (Å²) in [6.45, 7) is 3.88. The highest BCUT2D eigenvalue weighted by molar-refractivity contribution is 9.10. The van der Waals surface area contributed by atoms with Crippen LogP contribution in [0.2, 0.25) is 0 Å². The average Bonchev–Trinajstić information content (AvgIpc) is 2.19. The number of fused-ring (bicyclic) bond motifs is 1. The SMILES string of the molecule is CC(C)C1Nc2cc(F)c(Br)cc2NC1=O. The van der Waals surface area contributed by atoms with Crippen molar-refractivity contribution in [2.75, 3.05) is 10.6 Å². The monoisotopic (exact) mass is 286 g/mol. The molecular weight excluding hydrogens is 275 g/mol. The van der Waals surface area contributed by atoms with Gasteiger partial charge >= 0.3 is 0 Å². The first-order valence-corrected chi connectivity index (χ1v) is 5.85. The molecule has 0 spiro atoms. The fourth-order valence-corrected chi connectivity index (χ4v) is 2.03. The van der Waals surface area contributed by atoms with Gasteiger partial charge in [-0.1, -0.05) is 13.8 Å². The minimum atomic E-state index is -0.343. The molecular formula is C11H12BrFN2O. The summed E-state index contributed by atoms with van der Waals surface area (Å²) in [4.78, 5) is 11.7. The topological polar surface area (TPSA) is 41.1 Å². The number of halogens is 2. The van der Waals surface area contributed by atoms with Gasteiger partial charge in [-0.2, -0.15) is 0 Å². The molecule has 1 aliphatic rings. The summed E-state index contributed by atoms with van der Waals surface area (Å²) in [5.41, 5.74) is 1.23. The molecule has 1 amide bonds. The normalized spacial score (nSPS) is 19.1. The van der Waals surface area contributed by atoms with Gasteiger partial charge in [0.05, 0.1) is 15.8 Å². The van der Waals surface area contributed by atoms with Crippen LogP contribution in [0.4, 0.5) is 15.8 Å². The van der Waals surface area contributed by atoms with Crippen molar-refractivity contribution in [1.82, 2.24) is 0 Å². The number of hydrogen-bond donors (Lipinski definition) is 2. The van der Waals surface area contributed by atoms with Crippen LogP contribution in [0.5, 0.6) is 0 Å². The summed E-state index contributed by atoms with van der Waals surface area (Å²) in [6, 6.07) is 2.63. The van der Waals surface area contributed by atoms with Crippen LogP contribution in [0.1, 0.15) is 13.8 Å².